The molecule has 128 valence electrons. The molecule has 1 saturated carbocycles. The lowest BCUT2D eigenvalue weighted by molar-refractivity contribution is -0.158. The van der Waals surface area contributed by atoms with Crippen LogP contribution in [-0.4, -0.2) is 35.2 Å². The molecule has 5 rings (SSSR count). The average molecular weight is 329 g/mol. The Morgan fingerprint density at radius 1 is 1.29 bits per heavy atom. The molecular weight excluding hydrogens is 306 g/mol. The van der Waals surface area contributed by atoms with Gasteiger partial charge in [-0.15, -0.1) is 0 Å². The molecule has 1 atom stereocenters. The molecule has 0 unspecified atom stereocenters. The van der Waals surface area contributed by atoms with Crippen molar-refractivity contribution in [2.75, 3.05) is 6.61 Å². The zero-order chi connectivity index (χ0) is 16.9. The third-order valence-corrected chi connectivity index (χ3v) is 5.82. The van der Waals surface area contributed by atoms with Crippen LogP contribution < -0.4 is 5.32 Å². The monoisotopic (exact) mass is 329 g/mol. The van der Waals surface area contributed by atoms with E-state index in [1.165, 1.54) is 29.5 Å². The first-order valence-electron chi connectivity index (χ1n) is 8.72. The minimum Gasteiger partial charge on any atom is -0.481 e. The number of benzene rings is 1. The second kappa shape index (κ2) is 5.31. The van der Waals surface area contributed by atoms with Crippen molar-refractivity contribution in [1.29, 1.82) is 0 Å². The second-order valence-corrected chi connectivity index (χ2v) is 7.76. The number of fused-ring (bicyclic) bond motifs is 2. The summed E-state index contributed by atoms with van der Waals surface area (Å²) >= 11 is 0. The SMILES string of the molecule is C[C@H](Cc1ccc2c(c1)CCC2)NC(=O)C12CC(C(=O)O)(CO1)C2. The number of carboxylic acid groups (broad SMARTS) is 1. The van der Waals surface area contributed by atoms with Crippen molar-refractivity contribution >= 4 is 11.9 Å². The highest BCUT2D eigenvalue weighted by molar-refractivity contribution is 5.92. The van der Waals surface area contributed by atoms with Gasteiger partial charge in [0.25, 0.3) is 5.91 Å². The average Bonchev–Trinajstić information content (AvgIpc) is 3.19. The van der Waals surface area contributed by atoms with Crippen LogP contribution in [0.2, 0.25) is 0 Å². The van der Waals surface area contributed by atoms with Crippen LogP contribution in [0.4, 0.5) is 0 Å². The van der Waals surface area contributed by atoms with E-state index in [0.29, 0.717) is 12.8 Å². The van der Waals surface area contributed by atoms with Crippen molar-refractivity contribution in [3.8, 4) is 0 Å². The highest BCUT2D eigenvalue weighted by Gasteiger charge is 2.70. The Kier molecular flexibility index (Phi) is 3.46. The van der Waals surface area contributed by atoms with Crippen LogP contribution in [0.1, 0.15) is 42.9 Å². The highest BCUT2D eigenvalue weighted by atomic mass is 16.5. The van der Waals surface area contributed by atoms with Crippen LogP contribution >= 0.6 is 0 Å². The number of amides is 1. The van der Waals surface area contributed by atoms with Gasteiger partial charge < -0.3 is 15.2 Å². The van der Waals surface area contributed by atoms with E-state index in [1.807, 2.05) is 6.92 Å². The van der Waals surface area contributed by atoms with Crippen LogP contribution in [0.25, 0.3) is 0 Å². The van der Waals surface area contributed by atoms with Gasteiger partial charge >= 0.3 is 5.97 Å². The van der Waals surface area contributed by atoms with E-state index in [0.717, 1.165) is 12.8 Å². The summed E-state index contributed by atoms with van der Waals surface area (Å²) in [5, 5.41) is 12.3. The van der Waals surface area contributed by atoms with Crippen LogP contribution in [0, 0.1) is 5.41 Å². The lowest BCUT2D eigenvalue weighted by Crippen LogP contribution is -2.58. The topological polar surface area (TPSA) is 75.6 Å². The first-order chi connectivity index (χ1) is 11.4. The normalized spacial score (nSPS) is 31.2. The van der Waals surface area contributed by atoms with Gasteiger partial charge in [0.2, 0.25) is 0 Å². The Morgan fingerprint density at radius 2 is 2.04 bits per heavy atom. The van der Waals surface area contributed by atoms with E-state index in [-0.39, 0.29) is 18.6 Å². The predicted octanol–water partition coefficient (Wildman–Crippen LogP) is 1.86. The fourth-order valence-electron chi connectivity index (χ4n) is 4.47. The molecule has 5 heteroatoms. The molecule has 0 radical (unpaired) electrons. The Morgan fingerprint density at radius 3 is 2.75 bits per heavy atom. The molecule has 0 spiro atoms. The Bertz CT molecular complexity index is 705. The fourth-order valence-corrected chi connectivity index (χ4v) is 4.47. The number of carbonyl (C=O) groups excluding carboxylic acids is 1. The third kappa shape index (κ3) is 2.34. The number of carbonyl (C=O) groups is 2. The Hall–Kier alpha value is -1.88. The van der Waals surface area contributed by atoms with Gasteiger partial charge in [-0.1, -0.05) is 18.2 Å². The molecule has 3 fully saturated rings. The van der Waals surface area contributed by atoms with E-state index in [1.54, 1.807) is 0 Å². The molecule has 5 nitrogen and oxygen atoms in total. The number of aryl methyl sites for hydroxylation is 2. The van der Waals surface area contributed by atoms with Gasteiger partial charge in [-0.25, -0.2) is 0 Å². The van der Waals surface area contributed by atoms with Crippen LogP contribution in [0.5, 0.6) is 0 Å². The fraction of sp³-hybridized carbons (Fsp3) is 0.579. The standard InChI is InChI=1S/C19H23NO4/c1-12(7-13-5-6-14-3-2-4-15(14)8-13)20-16(21)19-9-18(10-19,11-24-19)17(22)23/h5-6,8,12H,2-4,7,9-11H2,1H3,(H,20,21)(H,22,23)/t12-,18?,19?/m1/s1. The number of hydrogen-bond donors (Lipinski definition) is 2. The molecule has 2 aliphatic carbocycles. The van der Waals surface area contributed by atoms with Gasteiger partial charge in [0.15, 0.2) is 0 Å². The number of nitrogens with one attached hydrogen (secondary N) is 1. The molecule has 2 aliphatic heterocycles. The van der Waals surface area contributed by atoms with Crippen molar-refractivity contribution < 1.29 is 19.4 Å². The van der Waals surface area contributed by atoms with Crippen molar-refractivity contribution in [2.45, 2.75) is 57.1 Å². The van der Waals surface area contributed by atoms with E-state index < -0.39 is 17.0 Å². The number of carboxylic acids is 1. The summed E-state index contributed by atoms with van der Waals surface area (Å²) in [6.07, 6.45) is 4.93. The van der Waals surface area contributed by atoms with Crippen molar-refractivity contribution in [3.63, 3.8) is 0 Å². The van der Waals surface area contributed by atoms with Crippen molar-refractivity contribution in [1.82, 2.24) is 5.32 Å². The maximum Gasteiger partial charge on any atom is 0.312 e. The van der Waals surface area contributed by atoms with Crippen molar-refractivity contribution in [2.24, 2.45) is 5.41 Å². The second-order valence-electron chi connectivity index (χ2n) is 7.76. The van der Waals surface area contributed by atoms with E-state index in [9.17, 15) is 14.7 Å². The van der Waals surface area contributed by atoms with E-state index in [4.69, 9.17) is 4.74 Å². The summed E-state index contributed by atoms with van der Waals surface area (Å²) in [6.45, 7) is 2.13. The van der Waals surface area contributed by atoms with Crippen LogP contribution in [-0.2, 0) is 33.6 Å². The number of hydrogen-bond acceptors (Lipinski definition) is 3. The summed E-state index contributed by atoms with van der Waals surface area (Å²) < 4.78 is 5.56. The quantitative estimate of drug-likeness (QED) is 0.864. The van der Waals surface area contributed by atoms with E-state index >= 15 is 0 Å². The predicted molar refractivity (Wildman–Crippen MR) is 87.8 cm³/mol. The number of aliphatic carboxylic acids is 1. The number of rotatable bonds is 5. The molecule has 2 heterocycles. The molecule has 2 saturated heterocycles. The molecule has 24 heavy (non-hydrogen) atoms. The first-order valence-corrected chi connectivity index (χ1v) is 8.72. The Labute approximate surface area is 141 Å². The van der Waals surface area contributed by atoms with Gasteiger partial charge in [0, 0.05) is 18.9 Å². The molecule has 4 aliphatic rings. The van der Waals surface area contributed by atoms with Gasteiger partial charge in [-0.2, -0.15) is 0 Å². The summed E-state index contributed by atoms with van der Waals surface area (Å²) in [5.41, 5.74) is 2.38. The third-order valence-electron chi connectivity index (χ3n) is 5.82. The van der Waals surface area contributed by atoms with Gasteiger partial charge in [0.05, 0.1) is 12.0 Å². The molecule has 2 bridgehead atoms. The minimum atomic E-state index is -0.912. The summed E-state index contributed by atoms with van der Waals surface area (Å²) in [4.78, 5) is 23.8. The lowest BCUT2D eigenvalue weighted by atomic mass is 9.62. The summed E-state index contributed by atoms with van der Waals surface area (Å²) in [6, 6.07) is 6.61. The van der Waals surface area contributed by atoms with Gasteiger partial charge in [-0.3, -0.25) is 9.59 Å². The maximum atomic E-state index is 12.5. The lowest BCUT2D eigenvalue weighted by Gasteiger charge is -2.40. The van der Waals surface area contributed by atoms with Gasteiger partial charge in [-0.05, 0) is 49.3 Å². The highest BCUT2D eigenvalue weighted by Crippen LogP contribution is 2.58. The summed E-state index contributed by atoms with van der Waals surface area (Å²) in [5.74, 6) is -1.01. The summed E-state index contributed by atoms with van der Waals surface area (Å²) in [7, 11) is 0. The zero-order valence-electron chi connectivity index (χ0n) is 13.9. The van der Waals surface area contributed by atoms with Crippen molar-refractivity contribution in [3.05, 3.63) is 34.9 Å². The minimum absolute atomic E-state index is 0.00430. The molecule has 1 aromatic carbocycles. The molecule has 0 aromatic heterocycles. The first kappa shape index (κ1) is 15.6. The molecule has 1 amide bonds. The van der Waals surface area contributed by atoms with Crippen LogP contribution in [0.15, 0.2) is 18.2 Å². The molecular formula is C19H23NO4. The molecule has 1 aromatic rings. The zero-order valence-corrected chi connectivity index (χ0v) is 13.9. The maximum absolute atomic E-state index is 12.5. The number of ether oxygens (including phenoxy) is 1. The molecule has 2 N–H and O–H groups in total. The smallest absolute Gasteiger partial charge is 0.312 e. The van der Waals surface area contributed by atoms with Gasteiger partial charge in [0.1, 0.15) is 5.60 Å². The van der Waals surface area contributed by atoms with Crippen LogP contribution in [0.3, 0.4) is 0 Å². The Balaban J connectivity index is 1.36. The van der Waals surface area contributed by atoms with E-state index in [2.05, 4.69) is 23.5 Å². The largest absolute Gasteiger partial charge is 0.481 e.